The van der Waals surface area contributed by atoms with Gasteiger partial charge in [-0.3, -0.25) is 4.79 Å². The number of nitrogens with one attached hydrogen (secondary N) is 1. The maximum absolute atomic E-state index is 12.2. The number of hydrogen-bond donors (Lipinski definition) is 2. The molecular formula is C17H18N2O2. The minimum absolute atomic E-state index is 0.00684. The zero-order chi connectivity index (χ0) is 14.7. The Morgan fingerprint density at radius 3 is 2.81 bits per heavy atom. The normalized spacial score (nSPS) is 16.7. The van der Waals surface area contributed by atoms with Crippen molar-refractivity contribution in [1.29, 1.82) is 0 Å². The fourth-order valence-electron chi connectivity index (χ4n) is 2.61. The zero-order valence-corrected chi connectivity index (χ0v) is 11.7. The highest BCUT2D eigenvalue weighted by atomic mass is 16.5. The van der Waals surface area contributed by atoms with Crippen molar-refractivity contribution in [3.63, 3.8) is 0 Å². The lowest BCUT2D eigenvalue weighted by molar-refractivity contribution is -0.121. The number of fused-ring (bicyclic) bond motifs is 1. The number of hydrogen-bond acceptors (Lipinski definition) is 3. The van der Waals surface area contributed by atoms with Crippen molar-refractivity contribution in [3.05, 3.63) is 59.7 Å². The summed E-state index contributed by atoms with van der Waals surface area (Å²) in [7, 11) is 0. The first kappa shape index (κ1) is 13.5. The molecule has 2 aromatic rings. The second-order valence-corrected chi connectivity index (χ2v) is 5.17. The summed E-state index contributed by atoms with van der Waals surface area (Å²) in [6.07, 6.45) is 1.08. The highest BCUT2D eigenvalue weighted by Crippen LogP contribution is 2.31. The van der Waals surface area contributed by atoms with Gasteiger partial charge in [-0.15, -0.1) is 0 Å². The summed E-state index contributed by atoms with van der Waals surface area (Å²) in [5, 5.41) is 3.08. The van der Waals surface area contributed by atoms with Crippen LogP contribution in [0.5, 0.6) is 5.75 Å². The molecule has 0 bridgehead atoms. The van der Waals surface area contributed by atoms with Gasteiger partial charge in [0.15, 0.2) is 0 Å². The number of ether oxygens (including phenoxy) is 1. The Kier molecular flexibility index (Phi) is 3.77. The minimum atomic E-state index is -0.0189. The van der Waals surface area contributed by atoms with E-state index in [1.165, 1.54) is 0 Å². The molecule has 21 heavy (non-hydrogen) atoms. The molecule has 0 radical (unpaired) electrons. The number of carbonyl (C=O) groups is 1. The van der Waals surface area contributed by atoms with E-state index in [1.54, 1.807) is 0 Å². The van der Waals surface area contributed by atoms with Crippen LogP contribution in [0.4, 0.5) is 5.69 Å². The molecule has 3 rings (SSSR count). The number of nitrogen functional groups attached to an aromatic ring is 1. The highest BCUT2D eigenvalue weighted by molar-refractivity contribution is 5.80. The van der Waals surface area contributed by atoms with Crippen molar-refractivity contribution in [2.24, 2.45) is 0 Å². The summed E-state index contributed by atoms with van der Waals surface area (Å²) >= 11 is 0. The van der Waals surface area contributed by atoms with Crippen molar-refractivity contribution < 1.29 is 9.53 Å². The second kappa shape index (κ2) is 5.87. The lowest BCUT2D eigenvalue weighted by Gasteiger charge is -2.26. The van der Waals surface area contributed by atoms with Crippen LogP contribution in [-0.2, 0) is 11.2 Å². The first-order chi connectivity index (χ1) is 10.2. The first-order valence-electron chi connectivity index (χ1n) is 7.08. The molecule has 0 aliphatic carbocycles. The third-order valence-corrected chi connectivity index (χ3v) is 3.70. The van der Waals surface area contributed by atoms with E-state index in [4.69, 9.17) is 10.5 Å². The van der Waals surface area contributed by atoms with Crippen molar-refractivity contribution in [2.45, 2.75) is 18.9 Å². The smallest absolute Gasteiger partial charge is 0.224 e. The number of para-hydroxylation sites is 2. The minimum Gasteiger partial charge on any atom is -0.493 e. The average Bonchev–Trinajstić information content (AvgIpc) is 2.50. The van der Waals surface area contributed by atoms with Gasteiger partial charge in [0, 0.05) is 17.7 Å². The Morgan fingerprint density at radius 1 is 1.19 bits per heavy atom. The summed E-state index contributed by atoms with van der Waals surface area (Å²) in [6.45, 7) is 0.620. The van der Waals surface area contributed by atoms with Crippen LogP contribution in [0.3, 0.4) is 0 Å². The molecule has 0 aromatic heterocycles. The van der Waals surface area contributed by atoms with Crippen molar-refractivity contribution in [2.75, 3.05) is 12.3 Å². The van der Waals surface area contributed by atoms with E-state index in [9.17, 15) is 4.79 Å². The average molecular weight is 282 g/mol. The van der Waals surface area contributed by atoms with Crippen LogP contribution < -0.4 is 15.8 Å². The van der Waals surface area contributed by atoms with Gasteiger partial charge in [-0.2, -0.15) is 0 Å². The Hall–Kier alpha value is -2.49. The third kappa shape index (κ3) is 2.99. The fourth-order valence-corrected chi connectivity index (χ4v) is 2.61. The van der Waals surface area contributed by atoms with Gasteiger partial charge in [-0.1, -0.05) is 36.4 Å². The molecule has 4 nitrogen and oxygen atoms in total. The molecule has 2 aromatic carbocycles. The third-order valence-electron chi connectivity index (χ3n) is 3.70. The molecule has 0 saturated heterocycles. The van der Waals surface area contributed by atoms with Gasteiger partial charge >= 0.3 is 0 Å². The number of benzene rings is 2. The van der Waals surface area contributed by atoms with Gasteiger partial charge < -0.3 is 15.8 Å². The lowest BCUT2D eigenvalue weighted by atomic mass is 10.00. The number of rotatable bonds is 3. The summed E-state index contributed by atoms with van der Waals surface area (Å²) in [6, 6.07) is 15.3. The molecule has 1 aliphatic heterocycles. The molecule has 0 spiro atoms. The van der Waals surface area contributed by atoms with Crippen LogP contribution in [0.25, 0.3) is 0 Å². The van der Waals surface area contributed by atoms with E-state index in [0.29, 0.717) is 18.7 Å². The molecule has 1 amide bonds. The van der Waals surface area contributed by atoms with Crippen molar-refractivity contribution in [1.82, 2.24) is 5.32 Å². The largest absolute Gasteiger partial charge is 0.493 e. The molecular weight excluding hydrogens is 264 g/mol. The Morgan fingerprint density at radius 2 is 1.95 bits per heavy atom. The maximum atomic E-state index is 12.2. The molecule has 1 heterocycles. The van der Waals surface area contributed by atoms with Gasteiger partial charge in [-0.05, 0) is 17.7 Å². The molecule has 3 N–H and O–H groups in total. The molecule has 108 valence electrons. The molecule has 0 saturated carbocycles. The first-order valence-corrected chi connectivity index (χ1v) is 7.08. The molecule has 1 unspecified atom stereocenters. The number of carbonyl (C=O) groups excluding carboxylic acids is 1. The van der Waals surface area contributed by atoms with E-state index < -0.39 is 0 Å². The van der Waals surface area contributed by atoms with E-state index in [2.05, 4.69) is 5.32 Å². The second-order valence-electron chi connectivity index (χ2n) is 5.17. The molecule has 1 aliphatic rings. The van der Waals surface area contributed by atoms with Crippen molar-refractivity contribution in [3.8, 4) is 5.75 Å². The van der Waals surface area contributed by atoms with E-state index in [-0.39, 0.29) is 11.9 Å². The maximum Gasteiger partial charge on any atom is 0.224 e. The van der Waals surface area contributed by atoms with Crippen molar-refractivity contribution >= 4 is 11.6 Å². The van der Waals surface area contributed by atoms with Crippen LogP contribution in [-0.4, -0.2) is 12.5 Å². The zero-order valence-electron chi connectivity index (χ0n) is 11.7. The lowest BCUT2D eigenvalue weighted by Crippen LogP contribution is -2.33. The standard InChI is InChI=1S/C17H18N2O2/c18-14-7-3-1-5-12(14)11-17(20)19-15-9-10-21-16-8-4-2-6-13(15)16/h1-8,15H,9-11,18H2,(H,19,20). The Balaban J connectivity index is 1.70. The van der Waals surface area contributed by atoms with E-state index in [1.807, 2.05) is 48.5 Å². The molecule has 4 heteroatoms. The summed E-state index contributed by atoms with van der Waals surface area (Å²) < 4.78 is 5.60. The van der Waals surface area contributed by atoms with E-state index in [0.717, 1.165) is 23.3 Å². The Labute approximate surface area is 123 Å². The number of amides is 1. The number of anilines is 1. The van der Waals surface area contributed by atoms with Crippen LogP contribution in [0.15, 0.2) is 48.5 Å². The summed E-state index contributed by atoms with van der Waals surface area (Å²) in [5.74, 6) is 0.836. The van der Waals surface area contributed by atoms with Crippen LogP contribution in [0.1, 0.15) is 23.6 Å². The monoisotopic (exact) mass is 282 g/mol. The topological polar surface area (TPSA) is 64.4 Å². The predicted molar refractivity (Wildman–Crippen MR) is 82.0 cm³/mol. The molecule has 0 fully saturated rings. The molecule has 1 atom stereocenters. The summed E-state index contributed by atoms with van der Waals surface area (Å²) in [4.78, 5) is 12.2. The van der Waals surface area contributed by atoms with Gasteiger partial charge in [0.05, 0.1) is 19.1 Å². The highest BCUT2D eigenvalue weighted by Gasteiger charge is 2.22. The SMILES string of the molecule is Nc1ccccc1CC(=O)NC1CCOc2ccccc21. The van der Waals surface area contributed by atoms with Gasteiger partial charge in [0.2, 0.25) is 5.91 Å². The van der Waals surface area contributed by atoms with Gasteiger partial charge in [-0.25, -0.2) is 0 Å². The Bertz CT molecular complexity index is 655. The van der Waals surface area contributed by atoms with Gasteiger partial charge in [0.1, 0.15) is 5.75 Å². The van der Waals surface area contributed by atoms with Crippen LogP contribution in [0, 0.1) is 0 Å². The fraction of sp³-hybridized carbons (Fsp3) is 0.235. The van der Waals surface area contributed by atoms with E-state index >= 15 is 0 Å². The number of nitrogens with two attached hydrogens (primary N) is 1. The quantitative estimate of drug-likeness (QED) is 0.850. The van der Waals surface area contributed by atoms with Gasteiger partial charge in [0.25, 0.3) is 0 Å². The van der Waals surface area contributed by atoms with Crippen LogP contribution in [0.2, 0.25) is 0 Å². The summed E-state index contributed by atoms with van der Waals surface area (Å²) in [5.41, 5.74) is 8.43. The van der Waals surface area contributed by atoms with Crippen LogP contribution >= 0.6 is 0 Å². The predicted octanol–water partition coefficient (Wildman–Crippen LogP) is 2.45.